The molecule has 0 bridgehead atoms. The van der Waals surface area contributed by atoms with Crippen LogP contribution >= 0.6 is 0 Å². The molecule has 0 aliphatic carbocycles. The number of likely N-dealkylation sites (tertiary alicyclic amines) is 1. The Bertz CT molecular complexity index is 800. The van der Waals surface area contributed by atoms with Gasteiger partial charge >= 0.3 is 6.18 Å². The number of nitrogens with zero attached hydrogens (tertiary/aromatic N) is 1. The van der Waals surface area contributed by atoms with E-state index in [2.05, 4.69) is 0 Å². The van der Waals surface area contributed by atoms with E-state index in [4.69, 9.17) is 0 Å². The Morgan fingerprint density at radius 3 is 2.14 bits per heavy atom. The lowest BCUT2D eigenvalue weighted by molar-refractivity contribution is -0.191. The van der Waals surface area contributed by atoms with Gasteiger partial charge < -0.3 is 20.4 Å². The first-order valence-electron chi connectivity index (χ1n) is 9.32. The molecule has 2 aromatic rings. The van der Waals surface area contributed by atoms with Crippen molar-refractivity contribution in [3.05, 3.63) is 71.3 Å². The van der Waals surface area contributed by atoms with Crippen molar-refractivity contribution in [3.8, 4) is 0 Å². The van der Waals surface area contributed by atoms with Gasteiger partial charge in [0.2, 0.25) is 0 Å². The van der Waals surface area contributed by atoms with E-state index in [1.165, 1.54) is 12.1 Å². The van der Waals surface area contributed by atoms with Crippen LogP contribution < -0.4 is 0 Å². The van der Waals surface area contributed by atoms with Gasteiger partial charge in [-0.15, -0.1) is 0 Å². The summed E-state index contributed by atoms with van der Waals surface area (Å²) in [5, 5.41) is 41.4. The second-order valence-corrected chi connectivity index (χ2v) is 7.34. The molecule has 0 saturated carbocycles. The highest BCUT2D eigenvalue weighted by Gasteiger charge is 2.53. The lowest BCUT2D eigenvalue weighted by atomic mass is 9.76. The quantitative estimate of drug-likeness (QED) is 0.600. The molecule has 8 heteroatoms. The first kappa shape index (κ1) is 21.7. The molecule has 0 spiro atoms. The standard InChI is InChI=1S/C21H24F3NO4/c22-21(23,24)16-8-6-14(7-9-16)10-11-25-12-17(27)18(28)19(29)20(25,13-26)15-4-2-1-3-5-15/h1-9,17-19,26-29H,10-13H2/t17-,18+,19-,20-/m0/s1. The van der Waals surface area contributed by atoms with Crippen molar-refractivity contribution >= 4 is 0 Å². The Balaban J connectivity index is 1.86. The van der Waals surface area contributed by atoms with Crippen molar-refractivity contribution in [2.24, 2.45) is 0 Å². The summed E-state index contributed by atoms with van der Waals surface area (Å²) in [4.78, 5) is 1.68. The van der Waals surface area contributed by atoms with Gasteiger partial charge in [0.15, 0.2) is 0 Å². The van der Waals surface area contributed by atoms with Gasteiger partial charge in [-0.3, -0.25) is 4.90 Å². The van der Waals surface area contributed by atoms with Crippen LogP contribution in [0.25, 0.3) is 0 Å². The molecule has 29 heavy (non-hydrogen) atoms. The molecule has 0 radical (unpaired) electrons. The molecule has 0 unspecified atom stereocenters. The molecule has 1 heterocycles. The zero-order chi connectivity index (χ0) is 21.2. The van der Waals surface area contributed by atoms with Crippen LogP contribution in [0.1, 0.15) is 16.7 Å². The second-order valence-electron chi connectivity index (χ2n) is 7.34. The minimum absolute atomic E-state index is 0.00564. The Hall–Kier alpha value is -1.97. The Morgan fingerprint density at radius 2 is 1.59 bits per heavy atom. The summed E-state index contributed by atoms with van der Waals surface area (Å²) in [5.41, 5.74) is -0.852. The van der Waals surface area contributed by atoms with E-state index in [9.17, 15) is 33.6 Å². The van der Waals surface area contributed by atoms with E-state index in [0.29, 0.717) is 17.5 Å². The van der Waals surface area contributed by atoms with E-state index in [1.54, 1.807) is 35.2 Å². The maximum Gasteiger partial charge on any atom is 0.416 e. The van der Waals surface area contributed by atoms with Gasteiger partial charge in [0.25, 0.3) is 0 Å². The third kappa shape index (κ3) is 4.17. The van der Waals surface area contributed by atoms with Crippen molar-refractivity contribution < 1.29 is 33.6 Å². The van der Waals surface area contributed by atoms with Gasteiger partial charge in [-0.25, -0.2) is 0 Å². The molecular formula is C21H24F3NO4. The number of aliphatic hydroxyl groups excluding tert-OH is 4. The number of aliphatic hydroxyl groups is 4. The highest BCUT2D eigenvalue weighted by Crippen LogP contribution is 2.38. The molecule has 1 aliphatic rings. The maximum atomic E-state index is 12.7. The number of alkyl halides is 3. The summed E-state index contributed by atoms with van der Waals surface area (Å²) in [7, 11) is 0. The van der Waals surface area contributed by atoms with Crippen molar-refractivity contribution in [1.29, 1.82) is 0 Å². The van der Waals surface area contributed by atoms with Gasteiger partial charge in [-0.2, -0.15) is 13.2 Å². The van der Waals surface area contributed by atoms with Crippen LogP contribution in [0.5, 0.6) is 0 Å². The Labute approximate surface area is 166 Å². The molecule has 4 atom stereocenters. The highest BCUT2D eigenvalue weighted by atomic mass is 19.4. The number of piperidine rings is 1. The van der Waals surface area contributed by atoms with Crippen LogP contribution in [0.2, 0.25) is 0 Å². The molecule has 1 aliphatic heterocycles. The minimum atomic E-state index is -4.41. The third-order valence-corrected chi connectivity index (χ3v) is 5.65. The number of rotatable bonds is 5. The Morgan fingerprint density at radius 1 is 0.966 bits per heavy atom. The summed E-state index contributed by atoms with van der Waals surface area (Å²) in [6.45, 7) is -0.259. The zero-order valence-corrected chi connectivity index (χ0v) is 15.6. The van der Waals surface area contributed by atoms with Gasteiger partial charge in [0.1, 0.15) is 12.2 Å². The molecule has 0 aromatic heterocycles. The van der Waals surface area contributed by atoms with Crippen molar-refractivity contribution in [3.63, 3.8) is 0 Å². The van der Waals surface area contributed by atoms with Crippen LogP contribution in [0, 0.1) is 0 Å². The first-order chi connectivity index (χ1) is 13.7. The van der Waals surface area contributed by atoms with Gasteiger partial charge in [0, 0.05) is 13.1 Å². The molecule has 4 N–H and O–H groups in total. The van der Waals surface area contributed by atoms with Crippen molar-refractivity contribution in [2.45, 2.75) is 36.4 Å². The monoisotopic (exact) mass is 411 g/mol. The summed E-state index contributed by atoms with van der Waals surface area (Å²) in [6.07, 6.45) is -8.19. The smallest absolute Gasteiger partial charge is 0.394 e. The second kappa shape index (κ2) is 8.41. The van der Waals surface area contributed by atoms with Crippen molar-refractivity contribution in [1.82, 2.24) is 4.90 Å². The van der Waals surface area contributed by atoms with Crippen LogP contribution in [0.4, 0.5) is 13.2 Å². The minimum Gasteiger partial charge on any atom is -0.394 e. The highest BCUT2D eigenvalue weighted by molar-refractivity contribution is 5.30. The lowest BCUT2D eigenvalue weighted by Gasteiger charge is -2.52. The maximum absolute atomic E-state index is 12.7. The molecule has 1 fully saturated rings. The SMILES string of the molecule is OC[C@]1(c2ccccc2)[C@@H](O)[C@H](O)[C@@H](O)CN1CCc1ccc(C(F)(F)F)cc1. The summed E-state index contributed by atoms with van der Waals surface area (Å²) in [5.74, 6) is 0. The molecule has 5 nitrogen and oxygen atoms in total. The third-order valence-electron chi connectivity index (χ3n) is 5.65. The average Bonchev–Trinajstić information content (AvgIpc) is 2.71. The summed E-state index contributed by atoms with van der Waals surface area (Å²) >= 11 is 0. The molecule has 3 rings (SSSR count). The normalized spacial score (nSPS) is 28.4. The van der Waals surface area contributed by atoms with Crippen molar-refractivity contribution in [2.75, 3.05) is 19.7 Å². The zero-order valence-electron chi connectivity index (χ0n) is 15.6. The average molecular weight is 411 g/mol. The van der Waals surface area contributed by atoms with Crippen LogP contribution in [-0.4, -0.2) is 63.3 Å². The number of β-amino-alcohol motifs (C(OH)–C–C–N with tert-alkyl or cyclic N) is 1. The number of halogens is 3. The number of benzene rings is 2. The van der Waals surface area contributed by atoms with E-state index in [-0.39, 0.29) is 13.1 Å². The topological polar surface area (TPSA) is 84.2 Å². The van der Waals surface area contributed by atoms with E-state index in [1.807, 2.05) is 0 Å². The van der Waals surface area contributed by atoms with Gasteiger partial charge in [-0.1, -0.05) is 42.5 Å². The first-order valence-corrected chi connectivity index (χ1v) is 9.32. The van der Waals surface area contributed by atoms with Gasteiger partial charge in [0.05, 0.1) is 23.8 Å². The fourth-order valence-corrected chi connectivity index (χ4v) is 3.96. The largest absolute Gasteiger partial charge is 0.416 e. The summed E-state index contributed by atoms with van der Waals surface area (Å²) in [6, 6.07) is 13.5. The van der Waals surface area contributed by atoms with E-state index in [0.717, 1.165) is 12.1 Å². The molecule has 2 aromatic carbocycles. The fourth-order valence-electron chi connectivity index (χ4n) is 3.96. The number of hydrogen-bond acceptors (Lipinski definition) is 5. The molecule has 1 saturated heterocycles. The number of hydrogen-bond donors (Lipinski definition) is 4. The predicted octanol–water partition coefficient (Wildman–Crippen LogP) is 1.53. The molecule has 0 amide bonds. The summed E-state index contributed by atoms with van der Waals surface area (Å²) < 4.78 is 38.2. The van der Waals surface area contributed by atoms with E-state index < -0.39 is 42.2 Å². The van der Waals surface area contributed by atoms with Crippen LogP contribution in [0.3, 0.4) is 0 Å². The van der Waals surface area contributed by atoms with Crippen LogP contribution in [0.15, 0.2) is 54.6 Å². The molecule has 158 valence electrons. The lowest BCUT2D eigenvalue weighted by Crippen LogP contribution is -2.69. The molecular weight excluding hydrogens is 387 g/mol. The van der Waals surface area contributed by atoms with Gasteiger partial charge in [-0.05, 0) is 29.7 Å². The Kier molecular flexibility index (Phi) is 6.30. The van der Waals surface area contributed by atoms with Crippen LogP contribution in [-0.2, 0) is 18.1 Å². The van der Waals surface area contributed by atoms with E-state index >= 15 is 0 Å². The predicted molar refractivity (Wildman–Crippen MR) is 99.9 cm³/mol. The fraction of sp³-hybridized carbons (Fsp3) is 0.429.